The molecule has 146 valence electrons. The third kappa shape index (κ3) is 3.97. The highest BCUT2D eigenvalue weighted by Crippen LogP contribution is 2.30. The summed E-state index contributed by atoms with van der Waals surface area (Å²) in [7, 11) is 0. The fourth-order valence-corrected chi connectivity index (χ4v) is 3.65. The van der Waals surface area contributed by atoms with Crippen LogP contribution in [0.5, 0.6) is 0 Å². The van der Waals surface area contributed by atoms with Crippen LogP contribution in [0.1, 0.15) is 11.3 Å². The number of carbonyl (C=O) groups is 1. The lowest BCUT2D eigenvalue weighted by atomic mass is 10.0. The highest BCUT2D eigenvalue weighted by Gasteiger charge is 2.16. The number of aromatic nitrogens is 3. The van der Waals surface area contributed by atoms with E-state index in [4.69, 9.17) is 23.2 Å². The van der Waals surface area contributed by atoms with E-state index in [1.165, 1.54) is 5.56 Å². The van der Waals surface area contributed by atoms with E-state index >= 15 is 0 Å². The summed E-state index contributed by atoms with van der Waals surface area (Å²) in [5.74, 6) is -0.226. The number of pyridine rings is 1. The van der Waals surface area contributed by atoms with Gasteiger partial charge in [0, 0.05) is 17.3 Å². The molecule has 4 aromatic rings. The van der Waals surface area contributed by atoms with Crippen LogP contribution in [0.3, 0.4) is 0 Å². The fraction of sp³-hybridized carbons (Fsp3) is 0.136. The Hall–Kier alpha value is -2.89. The lowest BCUT2D eigenvalue weighted by Crippen LogP contribution is -2.19. The van der Waals surface area contributed by atoms with Gasteiger partial charge in [0.15, 0.2) is 5.65 Å². The number of halogens is 2. The molecule has 0 saturated heterocycles. The number of benzene rings is 2. The maximum atomic E-state index is 12.6. The maximum Gasteiger partial charge on any atom is 0.246 e. The Morgan fingerprint density at radius 1 is 1.07 bits per heavy atom. The van der Waals surface area contributed by atoms with Crippen molar-refractivity contribution in [3.8, 4) is 11.1 Å². The lowest BCUT2D eigenvalue weighted by Gasteiger charge is -2.08. The van der Waals surface area contributed by atoms with Crippen LogP contribution in [0.4, 0.5) is 5.69 Å². The molecule has 0 atom stereocenters. The normalized spacial score (nSPS) is 11.0. The molecule has 0 radical (unpaired) electrons. The number of aryl methyl sites for hydroxylation is 2. The summed E-state index contributed by atoms with van der Waals surface area (Å²) in [5.41, 5.74) is 5.40. The van der Waals surface area contributed by atoms with E-state index in [2.05, 4.69) is 40.5 Å². The van der Waals surface area contributed by atoms with Crippen molar-refractivity contribution in [3.05, 3.63) is 76.0 Å². The second kappa shape index (κ2) is 7.85. The van der Waals surface area contributed by atoms with Gasteiger partial charge < -0.3 is 5.32 Å². The molecule has 0 aliphatic carbocycles. The van der Waals surface area contributed by atoms with Crippen LogP contribution >= 0.6 is 23.2 Å². The van der Waals surface area contributed by atoms with Crippen LogP contribution in [0.2, 0.25) is 10.0 Å². The van der Waals surface area contributed by atoms with Crippen LogP contribution in [-0.2, 0) is 11.3 Å². The molecule has 0 saturated carbocycles. The maximum absolute atomic E-state index is 12.6. The van der Waals surface area contributed by atoms with E-state index < -0.39 is 0 Å². The number of nitrogens with zero attached hydrogens (tertiary/aromatic N) is 3. The SMILES string of the molecule is Cc1cccc(-c2ccnc3c2c(C)nn3CC(=O)Nc2ccc(Cl)c(Cl)c2)c1. The highest BCUT2D eigenvalue weighted by molar-refractivity contribution is 6.42. The fourth-order valence-electron chi connectivity index (χ4n) is 3.36. The summed E-state index contributed by atoms with van der Waals surface area (Å²) in [6.45, 7) is 4.02. The van der Waals surface area contributed by atoms with Gasteiger partial charge in [-0.2, -0.15) is 5.10 Å². The van der Waals surface area contributed by atoms with Crippen LogP contribution in [-0.4, -0.2) is 20.7 Å². The zero-order chi connectivity index (χ0) is 20.5. The lowest BCUT2D eigenvalue weighted by molar-refractivity contribution is -0.116. The van der Waals surface area contributed by atoms with Crippen molar-refractivity contribution in [2.75, 3.05) is 5.32 Å². The standard InChI is InChI=1S/C22H18Cl2N4O/c1-13-4-3-5-15(10-13)17-8-9-25-22-21(17)14(2)27-28(22)12-20(29)26-16-6-7-18(23)19(24)11-16/h3-11H,12H2,1-2H3,(H,26,29). The monoisotopic (exact) mass is 424 g/mol. The van der Waals surface area contributed by atoms with Gasteiger partial charge >= 0.3 is 0 Å². The minimum atomic E-state index is -0.226. The molecule has 2 aromatic carbocycles. The third-order valence-electron chi connectivity index (χ3n) is 4.63. The van der Waals surface area contributed by atoms with Crippen molar-refractivity contribution < 1.29 is 4.79 Å². The van der Waals surface area contributed by atoms with E-state index in [1.807, 2.05) is 19.1 Å². The Bertz CT molecular complexity index is 1230. The predicted octanol–water partition coefficient (Wildman–Crippen LogP) is 5.66. The van der Waals surface area contributed by atoms with Gasteiger partial charge in [-0.25, -0.2) is 9.67 Å². The molecular weight excluding hydrogens is 407 g/mol. The topological polar surface area (TPSA) is 59.8 Å². The molecule has 1 N–H and O–H groups in total. The minimum absolute atomic E-state index is 0.0366. The van der Waals surface area contributed by atoms with Gasteiger partial charge in [-0.05, 0) is 49.2 Å². The van der Waals surface area contributed by atoms with Crippen molar-refractivity contribution in [1.82, 2.24) is 14.8 Å². The Labute approximate surface area is 178 Å². The summed E-state index contributed by atoms with van der Waals surface area (Å²) in [5, 5.41) is 9.14. The Morgan fingerprint density at radius 3 is 2.66 bits per heavy atom. The molecule has 5 nitrogen and oxygen atoms in total. The molecule has 0 bridgehead atoms. The zero-order valence-electron chi connectivity index (χ0n) is 15.9. The average molecular weight is 425 g/mol. The van der Waals surface area contributed by atoms with Crippen LogP contribution in [0, 0.1) is 13.8 Å². The van der Waals surface area contributed by atoms with Gasteiger partial charge in [0.1, 0.15) is 6.54 Å². The van der Waals surface area contributed by atoms with Gasteiger partial charge in [-0.3, -0.25) is 4.79 Å². The van der Waals surface area contributed by atoms with E-state index in [1.54, 1.807) is 29.1 Å². The first-order chi connectivity index (χ1) is 13.9. The number of amides is 1. The Balaban J connectivity index is 1.66. The van der Waals surface area contributed by atoms with Gasteiger partial charge in [-0.15, -0.1) is 0 Å². The van der Waals surface area contributed by atoms with Crippen molar-refractivity contribution in [2.45, 2.75) is 20.4 Å². The summed E-state index contributed by atoms with van der Waals surface area (Å²) >= 11 is 11.9. The number of hydrogen-bond donors (Lipinski definition) is 1. The van der Waals surface area contributed by atoms with Crippen LogP contribution in [0.15, 0.2) is 54.7 Å². The number of fused-ring (bicyclic) bond motifs is 1. The highest BCUT2D eigenvalue weighted by atomic mass is 35.5. The molecule has 0 unspecified atom stereocenters. The van der Waals surface area contributed by atoms with E-state index in [0.29, 0.717) is 21.4 Å². The number of rotatable bonds is 4. The third-order valence-corrected chi connectivity index (χ3v) is 5.37. The van der Waals surface area contributed by atoms with Gasteiger partial charge in [0.05, 0.1) is 15.7 Å². The number of anilines is 1. The van der Waals surface area contributed by atoms with Gasteiger partial charge in [-0.1, -0.05) is 53.0 Å². The smallest absolute Gasteiger partial charge is 0.246 e. The number of carbonyl (C=O) groups excluding carboxylic acids is 1. The molecule has 4 rings (SSSR count). The first-order valence-electron chi connectivity index (χ1n) is 9.06. The average Bonchev–Trinajstić information content (AvgIpc) is 3.00. The Morgan fingerprint density at radius 2 is 1.90 bits per heavy atom. The molecule has 2 aromatic heterocycles. The minimum Gasteiger partial charge on any atom is -0.324 e. The second-order valence-corrected chi connectivity index (χ2v) is 7.66. The Kier molecular flexibility index (Phi) is 5.26. The summed E-state index contributed by atoms with van der Waals surface area (Å²) in [4.78, 5) is 17.0. The zero-order valence-corrected chi connectivity index (χ0v) is 17.4. The second-order valence-electron chi connectivity index (χ2n) is 6.85. The van der Waals surface area contributed by atoms with E-state index in [9.17, 15) is 4.79 Å². The van der Waals surface area contributed by atoms with Gasteiger partial charge in [0.2, 0.25) is 5.91 Å². The molecule has 0 aliphatic heterocycles. The summed E-state index contributed by atoms with van der Waals surface area (Å²) in [6, 6.07) is 15.2. The van der Waals surface area contributed by atoms with Crippen LogP contribution < -0.4 is 5.32 Å². The van der Waals surface area contributed by atoms with Crippen LogP contribution in [0.25, 0.3) is 22.2 Å². The quantitative estimate of drug-likeness (QED) is 0.459. The molecule has 1 amide bonds. The summed E-state index contributed by atoms with van der Waals surface area (Å²) < 4.78 is 1.62. The van der Waals surface area contributed by atoms with E-state index in [0.717, 1.165) is 22.2 Å². The van der Waals surface area contributed by atoms with Crippen molar-refractivity contribution in [3.63, 3.8) is 0 Å². The molecule has 0 aliphatic rings. The predicted molar refractivity (Wildman–Crippen MR) is 118 cm³/mol. The first-order valence-corrected chi connectivity index (χ1v) is 9.82. The van der Waals surface area contributed by atoms with Gasteiger partial charge in [0.25, 0.3) is 0 Å². The van der Waals surface area contributed by atoms with Crippen molar-refractivity contribution >= 4 is 45.8 Å². The van der Waals surface area contributed by atoms with Crippen molar-refractivity contribution in [2.24, 2.45) is 0 Å². The molecule has 29 heavy (non-hydrogen) atoms. The molecule has 2 heterocycles. The first kappa shape index (κ1) is 19.4. The molecule has 7 heteroatoms. The molecule has 0 spiro atoms. The molecule has 0 fully saturated rings. The molecular formula is C22H18Cl2N4O. The number of hydrogen-bond acceptors (Lipinski definition) is 3. The number of nitrogens with one attached hydrogen (secondary N) is 1. The van der Waals surface area contributed by atoms with E-state index in [-0.39, 0.29) is 12.5 Å². The summed E-state index contributed by atoms with van der Waals surface area (Å²) in [6.07, 6.45) is 1.74. The van der Waals surface area contributed by atoms with Crippen molar-refractivity contribution in [1.29, 1.82) is 0 Å². The largest absolute Gasteiger partial charge is 0.324 e.